The zero-order chi connectivity index (χ0) is 12.7. The van der Waals surface area contributed by atoms with Crippen molar-refractivity contribution in [1.82, 2.24) is 0 Å². The largest absolute Gasteiger partial charge is 0.352 e. The van der Waals surface area contributed by atoms with Crippen LogP contribution in [0.5, 0.6) is 0 Å². The molecule has 0 bridgehead atoms. The van der Waals surface area contributed by atoms with Gasteiger partial charge in [-0.3, -0.25) is 0 Å². The first-order valence-corrected chi connectivity index (χ1v) is 7.34. The molecule has 1 N–H and O–H groups in total. The van der Waals surface area contributed by atoms with E-state index in [4.69, 9.17) is 0 Å². The fraction of sp³-hybridized carbons (Fsp3) is 0.125. The number of hydrogen-bond acceptors (Lipinski definition) is 3. The predicted molar refractivity (Wildman–Crippen MR) is 81.4 cm³/mol. The van der Waals surface area contributed by atoms with E-state index in [1.165, 1.54) is 26.9 Å². The quantitative estimate of drug-likeness (QED) is 0.692. The van der Waals surface area contributed by atoms with Crippen LogP contribution in [0.3, 0.4) is 0 Å². The maximum atomic E-state index is 3.59. The number of benzene rings is 2. The lowest BCUT2D eigenvalue weighted by atomic mass is 10.2. The highest BCUT2D eigenvalue weighted by molar-refractivity contribution is 7.99. The van der Waals surface area contributed by atoms with Crippen molar-refractivity contribution in [2.75, 3.05) is 16.8 Å². The molecule has 0 radical (unpaired) electrons. The van der Waals surface area contributed by atoms with Crippen LogP contribution in [-0.4, -0.2) is 6.54 Å². The molecule has 94 valence electrons. The first kappa shape index (κ1) is 11.0. The van der Waals surface area contributed by atoms with Gasteiger partial charge in [-0.05, 0) is 30.7 Å². The molecule has 0 amide bonds. The van der Waals surface area contributed by atoms with Gasteiger partial charge >= 0.3 is 0 Å². The van der Waals surface area contributed by atoms with Gasteiger partial charge in [-0.2, -0.15) is 0 Å². The molecule has 2 aliphatic rings. The van der Waals surface area contributed by atoms with Gasteiger partial charge in [-0.25, -0.2) is 0 Å². The minimum absolute atomic E-state index is 1.07. The normalized spacial score (nSPS) is 15.9. The van der Waals surface area contributed by atoms with Gasteiger partial charge in [0.2, 0.25) is 0 Å². The van der Waals surface area contributed by atoms with Crippen molar-refractivity contribution in [3.05, 3.63) is 54.7 Å². The molecule has 0 unspecified atom stereocenters. The van der Waals surface area contributed by atoms with Crippen molar-refractivity contribution in [3.63, 3.8) is 0 Å². The van der Waals surface area contributed by atoms with E-state index in [0.29, 0.717) is 0 Å². The number of nitrogens with zero attached hydrogens (tertiary/aromatic N) is 1. The van der Waals surface area contributed by atoms with E-state index in [-0.39, 0.29) is 0 Å². The van der Waals surface area contributed by atoms with E-state index < -0.39 is 0 Å². The molecule has 2 aliphatic heterocycles. The molecule has 4 rings (SSSR count). The lowest BCUT2D eigenvalue weighted by Crippen LogP contribution is -2.15. The molecule has 2 heterocycles. The van der Waals surface area contributed by atoms with Crippen molar-refractivity contribution in [2.24, 2.45) is 0 Å². The number of nitrogens with one attached hydrogen (secondary N) is 1. The summed E-state index contributed by atoms with van der Waals surface area (Å²) < 4.78 is 0. The van der Waals surface area contributed by atoms with Crippen LogP contribution in [0.4, 0.5) is 17.1 Å². The van der Waals surface area contributed by atoms with Gasteiger partial charge in [0.05, 0.1) is 17.1 Å². The van der Waals surface area contributed by atoms with Gasteiger partial charge in [-0.1, -0.05) is 36.0 Å². The predicted octanol–water partition coefficient (Wildman–Crippen LogP) is 4.62. The first-order chi connectivity index (χ1) is 9.42. The van der Waals surface area contributed by atoms with Crippen molar-refractivity contribution < 1.29 is 0 Å². The Hall–Kier alpha value is -1.87. The number of para-hydroxylation sites is 2. The summed E-state index contributed by atoms with van der Waals surface area (Å²) in [6, 6.07) is 15.0. The second kappa shape index (κ2) is 4.35. The number of anilines is 3. The zero-order valence-corrected chi connectivity index (χ0v) is 11.3. The summed E-state index contributed by atoms with van der Waals surface area (Å²) >= 11 is 1.84. The molecule has 0 saturated heterocycles. The summed E-state index contributed by atoms with van der Waals surface area (Å²) in [6.45, 7) is 1.07. The topological polar surface area (TPSA) is 15.3 Å². The molecular formula is C16H14N2S. The molecule has 19 heavy (non-hydrogen) atoms. The Labute approximate surface area is 117 Å². The summed E-state index contributed by atoms with van der Waals surface area (Å²) in [5.41, 5.74) is 3.71. The van der Waals surface area contributed by atoms with Crippen molar-refractivity contribution >= 4 is 28.8 Å². The second-order valence-corrected chi connectivity index (χ2v) is 5.82. The lowest BCUT2D eigenvalue weighted by Gasteiger charge is -2.26. The highest BCUT2D eigenvalue weighted by Gasteiger charge is 2.20. The Balaban J connectivity index is 1.81. The molecule has 0 aliphatic carbocycles. The van der Waals surface area contributed by atoms with E-state index in [9.17, 15) is 0 Å². The zero-order valence-electron chi connectivity index (χ0n) is 10.5. The SMILES string of the molecule is C1=CN(c2cccc3c2Nc2ccccc2S3)CC1. The van der Waals surface area contributed by atoms with E-state index in [0.717, 1.165) is 13.0 Å². The minimum Gasteiger partial charge on any atom is -0.352 e. The van der Waals surface area contributed by atoms with Gasteiger partial charge < -0.3 is 10.2 Å². The highest BCUT2D eigenvalue weighted by Crippen LogP contribution is 2.48. The van der Waals surface area contributed by atoms with Crippen molar-refractivity contribution in [3.8, 4) is 0 Å². The third kappa shape index (κ3) is 1.81. The fourth-order valence-corrected chi connectivity index (χ4v) is 3.59. The number of hydrogen-bond donors (Lipinski definition) is 1. The molecule has 3 heteroatoms. The summed E-state index contributed by atoms with van der Waals surface area (Å²) in [6.07, 6.45) is 5.54. The van der Waals surface area contributed by atoms with E-state index >= 15 is 0 Å². The third-order valence-electron chi connectivity index (χ3n) is 3.50. The van der Waals surface area contributed by atoms with Crippen LogP contribution in [0, 0.1) is 0 Å². The smallest absolute Gasteiger partial charge is 0.0767 e. The Morgan fingerprint density at radius 2 is 1.89 bits per heavy atom. The van der Waals surface area contributed by atoms with E-state index in [2.05, 4.69) is 65.0 Å². The van der Waals surface area contributed by atoms with Crippen molar-refractivity contribution in [2.45, 2.75) is 16.2 Å². The first-order valence-electron chi connectivity index (χ1n) is 6.52. The molecule has 0 aromatic heterocycles. The van der Waals surface area contributed by atoms with Crippen LogP contribution >= 0.6 is 11.8 Å². The Kier molecular flexibility index (Phi) is 2.52. The minimum atomic E-state index is 1.07. The van der Waals surface area contributed by atoms with Crippen LogP contribution < -0.4 is 10.2 Å². The molecule has 0 fully saturated rings. The van der Waals surface area contributed by atoms with Crippen molar-refractivity contribution in [1.29, 1.82) is 0 Å². The standard InChI is InChI=1S/C16H14N2S/c1-2-8-14-12(6-1)17-16-13(18-10-3-4-11-18)7-5-9-15(16)19-14/h1-3,5-10,17H,4,11H2. The maximum absolute atomic E-state index is 3.59. The number of fused-ring (bicyclic) bond motifs is 2. The van der Waals surface area contributed by atoms with Crippen LogP contribution in [-0.2, 0) is 0 Å². The van der Waals surface area contributed by atoms with E-state index in [1.54, 1.807) is 0 Å². The lowest BCUT2D eigenvalue weighted by molar-refractivity contribution is 0.997. The number of rotatable bonds is 1. The van der Waals surface area contributed by atoms with Gasteiger partial charge in [0.15, 0.2) is 0 Å². The fourth-order valence-electron chi connectivity index (χ4n) is 2.57. The average Bonchev–Trinajstić information content (AvgIpc) is 2.98. The average molecular weight is 266 g/mol. The monoisotopic (exact) mass is 266 g/mol. The molecule has 2 aromatic carbocycles. The summed E-state index contributed by atoms with van der Waals surface area (Å²) in [7, 11) is 0. The van der Waals surface area contributed by atoms with E-state index in [1.807, 2.05) is 11.8 Å². The molecule has 0 spiro atoms. The second-order valence-electron chi connectivity index (χ2n) is 4.74. The molecule has 2 nitrogen and oxygen atoms in total. The molecular weight excluding hydrogens is 252 g/mol. The van der Waals surface area contributed by atoms with Crippen LogP contribution in [0.15, 0.2) is 64.5 Å². The molecule has 0 atom stereocenters. The maximum Gasteiger partial charge on any atom is 0.0767 e. The highest BCUT2D eigenvalue weighted by atomic mass is 32.2. The summed E-state index contributed by atoms with van der Waals surface area (Å²) in [4.78, 5) is 4.92. The Bertz CT molecular complexity index is 664. The Morgan fingerprint density at radius 3 is 2.79 bits per heavy atom. The third-order valence-corrected chi connectivity index (χ3v) is 4.64. The molecule has 2 aromatic rings. The van der Waals surface area contributed by atoms with Crippen LogP contribution in [0.1, 0.15) is 6.42 Å². The van der Waals surface area contributed by atoms with Gasteiger partial charge in [-0.15, -0.1) is 0 Å². The van der Waals surface area contributed by atoms with Crippen LogP contribution in [0.25, 0.3) is 0 Å². The Morgan fingerprint density at radius 1 is 1.00 bits per heavy atom. The van der Waals surface area contributed by atoms with Crippen LogP contribution in [0.2, 0.25) is 0 Å². The van der Waals surface area contributed by atoms with Gasteiger partial charge in [0.1, 0.15) is 0 Å². The summed E-state index contributed by atoms with van der Waals surface area (Å²) in [5, 5.41) is 3.59. The molecule has 0 saturated carbocycles. The van der Waals surface area contributed by atoms with Gasteiger partial charge in [0.25, 0.3) is 0 Å². The summed E-state index contributed by atoms with van der Waals surface area (Å²) in [5.74, 6) is 0. The van der Waals surface area contributed by atoms with Gasteiger partial charge in [0, 0.05) is 22.5 Å².